The summed E-state index contributed by atoms with van der Waals surface area (Å²) in [5.74, 6) is -2.45. The van der Waals surface area contributed by atoms with Crippen LogP contribution < -0.4 is 0 Å². The van der Waals surface area contributed by atoms with Gasteiger partial charge in [-0.25, -0.2) is 0 Å². The highest BCUT2D eigenvalue weighted by molar-refractivity contribution is 4.74. The summed E-state index contributed by atoms with van der Waals surface area (Å²) in [5, 5.41) is 51.0. The molecule has 0 heterocycles. The van der Waals surface area contributed by atoms with Crippen molar-refractivity contribution in [1.29, 1.82) is 0 Å². The van der Waals surface area contributed by atoms with Gasteiger partial charge in [0.15, 0.2) is 0 Å². The van der Waals surface area contributed by atoms with Crippen LogP contribution in [-0.4, -0.2) is 56.4 Å². The average molecular weight is 268 g/mol. The molecule has 6 heteroatoms. The zero-order chi connectivity index (χ0) is 14.7. The average Bonchev–Trinajstić information content (AvgIpc) is 2.32. The van der Waals surface area contributed by atoms with Crippen molar-refractivity contribution < 1.29 is 30.6 Å². The fourth-order valence-corrected chi connectivity index (χ4v) is 1.10. The molecule has 0 aliphatic heterocycles. The Balaban J connectivity index is 0. The van der Waals surface area contributed by atoms with E-state index in [4.69, 9.17) is 30.6 Å². The minimum absolute atomic E-state index is 0.0425. The third-order valence-electron chi connectivity index (χ3n) is 2.87. The second-order valence-electron chi connectivity index (χ2n) is 4.56. The molecule has 112 valence electrons. The van der Waals surface area contributed by atoms with Crippen molar-refractivity contribution in [1.82, 2.24) is 0 Å². The summed E-state index contributed by atoms with van der Waals surface area (Å²) in [5.41, 5.74) is -0.667. The predicted octanol–water partition coefficient (Wildman–Crippen LogP) is -0.443. The molecule has 0 radical (unpaired) electrons. The fraction of sp³-hybridized carbons (Fsp3) is 1.00. The van der Waals surface area contributed by atoms with Crippen molar-refractivity contribution in [2.24, 2.45) is 5.41 Å². The van der Waals surface area contributed by atoms with Crippen LogP contribution in [0, 0.1) is 5.41 Å². The minimum atomic E-state index is -2.45. The molecule has 0 aromatic rings. The second-order valence-corrected chi connectivity index (χ2v) is 4.56. The summed E-state index contributed by atoms with van der Waals surface area (Å²) in [7, 11) is 0. The van der Waals surface area contributed by atoms with E-state index < -0.39 is 11.4 Å². The SMILES string of the molecule is CCC(CO)(CO)CO.CCCCCC(O)(O)O. The van der Waals surface area contributed by atoms with Crippen molar-refractivity contribution in [3.63, 3.8) is 0 Å². The van der Waals surface area contributed by atoms with Gasteiger partial charge in [0.25, 0.3) is 5.97 Å². The molecule has 6 nitrogen and oxygen atoms in total. The van der Waals surface area contributed by atoms with Crippen LogP contribution >= 0.6 is 0 Å². The Morgan fingerprint density at radius 1 is 0.778 bits per heavy atom. The summed E-state index contributed by atoms with van der Waals surface area (Å²) >= 11 is 0. The van der Waals surface area contributed by atoms with Crippen molar-refractivity contribution in [2.75, 3.05) is 19.8 Å². The maximum Gasteiger partial charge on any atom is 0.275 e. The third-order valence-corrected chi connectivity index (χ3v) is 2.87. The van der Waals surface area contributed by atoms with Gasteiger partial charge in [-0.05, 0) is 12.8 Å². The molecule has 0 unspecified atom stereocenters. The summed E-state index contributed by atoms with van der Waals surface area (Å²) in [6.45, 7) is 3.36. The maximum atomic E-state index is 8.66. The van der Waals surface area contributed by atoms with Crippen LogP contribution in [0.2, 0.25) is 0 Å². The molecule has 0 atom stereocenters. The molecule has 0 aliphatic rings. The lowest BCUT2D eigenvalue weighted by atomic mass is 9.88. The van der Waals surface area contributed by atoms with Gasteiger partial charge in [-0.2, -0.15) is 0 Å². The zero-order valence-electron chi connectivity index (χ0n) is 11.3. The Bertz CT molecular complexity index is 156. The first-order chi connectivity index (χ1) is 8.30. The van der Waals surface area contributed by atoms with E-state index in [1.807, 2.05) is 13.8 Å². The van der Waals surface area contributed by atoms with Crippen LogP contribution in [0.3, 0.4) is 0 Å². The Kier molecular flexibility index (Phi) is 11.9. The van der Waals surface area contributed by atoms with Crippen molar-refractivity contribution in [2.45, 2.75) is 51.9 Å². The van der Waals surface area contributed by atoms with Crippen LogP contribution in [0.5, 0.6) is 0 Å². The van der Waals surface area contributed by atoms with E-state index in [1.165, 1.54) is 0 Å². The van der Waals surface area contributed by atoms with Gasteiger partial charge in [0, 0.05) is 11.8 Å². The molecule has 0 aromatic heterocycles. The minimum Gasteiger partial charge on any atom is -0.396 e. The Labute approximate surface area is 109 Å². The van der Waals surface area contributed by atoms with E-state index >= 15 is 0 Å². The number of aliphatic hydroxyl groups excluding tert-OH is 3. The molecule has 0 rings (SSSR count). The van der Waals surface area contributed by atoms with E-state index in [1.54, 1.807) is 0 Å². The highest BCUT2D eigenvalue weighted by atomic mass is 16.7. The zero-order valence-corrected chi connectivity index (χ0v) is 11.3. The van der Waals surface area contributed by atoms with E-state index in [0.717, 1.165) is 12.8 Å². The molecule has 0 fully saturated rings. The summed E-state index contributed by atoms with van der Waals surface area (Å²) in [4.78, 5) is 0. The molecule has 0 saturated heterocycles. The lowest BCUT2D eigenvalue weighted by molar-refractivity contribution is -0.314. The third kappa shape index (κ3) is 10.9. The van der Waals surface area contributed by atoms with Gasteiger partial charge >= 0.3 is 0 Å². The van der Waals surface area contributed by atoms with Gasteiger partial charge in [0.2, 0.25) is 0 Å². The van der Waals surface area contributed by atoms with Gasteiger partial charge < -0.3 is 30.6 Å². The summed E-state index contributed by atoms with van der Waals surface area (Å²) in [6.07, 6.45) is 3.22. The van der Waals surface area contributed by atoms with Crippen LogP contribution in [-0.2, 0) is 0 Å². The highest BCUT2D eigenvalue weighted by Crippen LogP contribution is 2.18. The van der Waals surface area contributed by atoms with Gasteiger partial charge in [0.1, 0.15) is 0 Å². The Morgan fingerprint density at radius 2 is 1.22 bits per heavy atom. The lowest BCUT2D eigenvalue weighted by Crippen LogP contribution is -2.32. The maximum absolute atomic E-state index is 8.66. The van der Waals surface area contributed by atoms with Crippen molar-refractivity contribution >= 4 is 0 Å². The number of hydrogen-bond acceptors (Lipinski definition) is 6. The lowest BCUT2D eigenvalue weighted by Gasteiger charge is -2.24. The normalized spacial score (nSPS) is 12.0. The molecule has 18 heavy (non-hydrogen) atoms. The van der Waals surface area contributed by atoms with Crippen molar-refractivity contribution in [3.05, 3.63) is 0 Å². The smallest absolute Gasteiger partial charge is 0.275 e. The standard InChI is InChI=1S/2C6H14O3/c1-2-6(3-7,4-8)5-9;1-2-3-4-5-6(7,8)9/h2*7-9H,2-5H2,1H3. The highest BCUT2D eigenvalue weighted by Gasteiger charge is 2.24. The van der Waals surface area contributed by atoms with Crippen molar-refractivity contribution in [3.8, 4) is 0 Å². The molecular formula is C12H28O6. The van der Waals surface area contributed by atoms with E-state index in [-0.39, 0.29) is 26.2 Å². The second kappa shape index (κ2) is 10.7. The Hall–Kier alpha value is -0.240. The predicted molar refractivity (Wildman–Crippen MR) is 67.5 cm³/mol. The van der Waals surface area contributed by atoms with Gasteiger partial charge in [-0.15, -0.1) is 0 Å². The molecule has 0 spiro atoms. The first kappa shape index (κ1) is 20.1. The molecule has 0 aromatic carbocycles. The number of rotatable bonds is 8. The topological polar surface area (TPSA) is 121 Å². The van der Waals surface area contributed by atoms with E-state index in [2.05, 4.69) is 0 Å². The molecule has 0 saturated carbocycles. The first-order valence-electron chi connectivity index (χ1n) is 6.30. The van der Waals surface area contributed by atoms with E-state index in [0.29, 0.717) is 12.8 Å². The molecule has 0 bridgehead atoms. The number of hydrogen-bond donors (Lipinski definition) is 6. The summed E-state index contributed by atoms with van der Waals surface area (Å²) < 4.78 is 0. The molecule has 0 amide bonds. The molecule has 6 N–H and O–H groups in total. The van der Waals surface area contributed by atoms with E-state index in [9.17, 15) is 0 Å². The fourth-order valence-electron chi connectivity index (χ4n) is 1.10. The van der Waals surface area contributed by atoms with Crippen LogP contribution in [0.25, 0.3) is 0 Å². The first-order valence-corrected chi connectivity index (χ1v) is 6.30. The monoisotopic (exact) mass is 268 g/mol. The van der Waals surface area contributed by atoms with Crippen LogP contribution in [0.1, 0.15) is 46.0 Å². The Morgan fingerprint density at radius 3 is 1.39 bits per heavy atom. The van der Waals surface area contributed by atoms with Crippen LogP contribution in [0.15, 0.2) is 0 Å². The van der Waals surface area contributed by atoms with Crippen LogP contribution in [0.4, 0.5) is 0 Å². The van der Waals surface area contributed by atoms with Gasteiger partial charge in [-0.3, -0.25) is 0 Å². The molecular weight excluding hydrogens is 240 g/mol. The number of unbranched alkanes of at least 4 members (excludes halogenated alkanes) is 2. The largest absolute Gasteiger partial charge is 0.396 e. The summed E-state index contributed by atoms with van der Waals surface area (Å²) in [6, 6.07) is 0. The molecule has 0 aliphatic carbocycles. The number of aliphatic hydroxyl groups is 6. The van der Waals surface area contributed by atoms with Gasteiger partial charge in [-0.1, -0.05) is 26.7 Å². The van der Waals surface area contributed by atoms with Gasteiger partial charge in [0.05, 0.1) is 19.8 Å². The quantitative estimate of drug-likeness (QED) is 0.262.